The maximum Gasteiger partial charge on any atom is 0.314 e. The van der Waals surface area contributed by atoms with Crippen molar-refractivity contribution in [3.8, 4) is 0 Å². The van der Waals surface area contributed by atoms with Crippen molar-refractivity contribution in [2.75, 3.05) is 26.2 Å². The summed E-state index contributed by atoms with van der Waals surface area (Å²) in [5.41, 5.74) is 5.72. The normalized spacial score (nSPS) is 16.0. The fraction of sp³-hybridized carbons (Fsp3) is 0.529. The minimum atomic E-state index is -0.581. The highest BCUT2D eigenvalue weighted by molar-refractivity contribution is 5.80. The molecule has 0 saturated carbocycles. The second-order valence-electron chi connectivity index (χ2n) is 5.99. The number of benzene rings is 1. The van der Waals surface area contributed by atoms with Gasteiger partial charge in [-0.25, -0.2) is 13.6 Å². The van der Waals surface area contributed by atoms with Gasteiger partial charge >= 0.3 is 6.03 Å². The minimum absolute atomic E-state index is 0.205. The molecule has 0 bridgehead atoms. The van der Waals surface area contributed by atoms with Gasteiger partial charge in [-0.2, -0.15) is 0 Å². The number of nitrogens with zero attached hydrogens (tertiary/aromatic N) is 2. The number of urea groups is 1. The molecule has 1 heterocycles. The maximum atomic E-state index is 13.6. The average Bonchev–Trinajstić information content (AvgIpc) is 2.57. The largest absolute Gasteiger partial charge is 0.357 e. The minimum Gasteiger partial charge on any atom is -0.357 e. The van der Waals surface area contributed by atoms with Crippen molar-refractivity contribution in [3.05, 3.63) is 35.4 Å². The van der Waals surface area contributed by atoms with Crippen LogP contribution in [0.3, 0.4) is 0 Å². The molecule has 8 heteroatoms. The van der Waals surface area contributed by atoms with Crippen LogP contribution in [0.1, 0.15) is 25.3 Å². The van der Waals surface area contributed by atoms with Crippen molar-refractivity contribution in [2.24, 2.45) is 10.7 Å². The third-order valence-corrected chi connectivity index (χ3v) is 4.16. The Kier molecular flexibility index (Phi) is 6.97. The zero-order valence-corrected chi connectivity index (χ0v) is 14.4. The predicted octanol–water partition coefficient (Wildman–Crippen LogP) is 1.61. The standard InChI is InChI=1S/C17H25F2N5O/c1-2-21-17(23-14-6-9-24(10-7-14)16(20)25)22-8-5-12-3-4-13(18)11-15(12)19/h3-4,11,14H,2,5-10H2,1H3,(H2,20,25)(H2,21,22,23). The maximum absolute atomic E-state index is 13.6. The topological polar surface area (TPSA) is 82.8 Å². The second-order valence-corrected chi connectivity index (χ2v) is 5.99. The van der Waals surface area contributed by atoms with E-state index < -0.39 is 11.6 Å². The molecule has 0 spiro atoms. The summed E-state index contributed by atoms with van der Waals surface area (Å²) in [6, 6.07) is 3.39. The summed E-state index contributed by atoms with van der Waals surface area (Å²) in [5, 5.41) is 6.49. The summed E-state index contributed by atoms with van der Waals surface area (Å²) in [6.07, 6.45) is 1.97. The van der Waals surface area contributed by atoms with E-state index in [4.69, 9.17) is 5.73 Å². The first-order chi connectivity index (χ1) is 12.0. The van der Waals surface area contributed by atoms with Gasteiger partial charge in [0.2, 0.25) is 0 Å². The number of halogens is 2. The summed E-state index contributed by atoms with van der Waals surface area (Å²) < 4.78 is 26.6. The Balaban J connectivity index is 1.87. The molecule has 138 valence electrons. The first-order valence-electron chi connectivity index (χ1n) is 8.52. The zero-order valence-electron chi connectivity index (χ0n) is 14.4. The number of primary amides is 1. The Morgan fingerprint density at radius 3 is 2.68 bits per heavy atom. The number of carbonyl (C=O) groups excluding carboxylic acids is 1. The van der Waals surface area contributed by atoms with Gasteiger partial charge in [-0.05, 0) is 37.8 Å². The SMILES string of the molecule is CCNC(=NCCc1ccc(F)cc1F)NC1CCN(C(N)=O)CC1. The first kappa shape index (κ1) is 19.0. The van der Waals surface area contributed by atoms with E-state index in [9.17, 15) is 13.6 Å². The highest BCUT2D eigenvalue weighted by Gasteiger charge is 2.21. The van der Waals surface area contributed by atoms with Gasteiger partial charge in [-0.1, -0.05) is 6.07 Å². The molecule has 25 heavy (non-hydrogen) atoms. The fourth-order valence-electron chi connectivity index (χ4n) is 2.77. The van der Waals surface area contributed by atoms with Crippen molar-refractivity contribution in [2.45, 2.75) is 32.2 Å². The van der Waals surface area contributed by atoms with Crippen LogP contribution in [0.15, 0.2) is 23.2 Å². The molecular weight excluding hydrogens is 328 g/mol. The number of rotatable bonds is 5. The number of aliphatic imine (C=N–C) groups is 1. The molecular formula is C17H25F2N5O. The summed E-state index contributed by atoms with van der Waals surface area (Å²) in [7, 11) is 0. The van der Waals surface area contributed by atoms with Gasteiger partial charge in [-0.3, -0.25) is 4.99 Å². The van der Waals surface area contributed by atoms with E-state index in [-0.39, 0.29) is 12.1 Å². The van der Waals surface area contributed by atoms with Crippen molar-refractivity contribution in [1.82, 2.24) is 15.5 Å². The number of nitrogens with one attached hydrogen (secondary N) is 2. The third-order valence-electron chi connectivity index (χ3n) is 4.16. The molecule has 1 aromatic rings. The molecule has 4 N–H and O–H groups in total. The van der Waals surface area contributed by atoms with Crippen LogP contribution in [0.2, 0.25) is 0 Å². The third kappa shape index (κ3) is 5.88. The number of hydrogen-bond donors (Lipinski definition) is 3. The van der Waals surface area contributed by atoms with E-state index in [1.54, 1.807) is 4.90 Å². The van der Waals surface area contributed by atoms with E-state index in [1.165, 1.54) is 12.1 Å². The summed E-state index contributed by atoms with van der Waals surface area (Å²) in [5.74, 6) is -0.475. The van der Waals surface area contributed by atoms with Gasteiger partial charge in [0, 0.05) is 38.3 Å². The number of likely N-dealkylation sites (tertiary alicyclic amines) is 1. The van der Waals surface area contributed by atoms with E-state index in [0.29, 0.717) is 44.1 Å². The van der Waals surface area contributed by atoms with Gasteiger partial charge in [0.25, 0.3) is 0 Å². The smallest absolute Gasteiger partial charge is 0.314 e. The van der Waals surface area contributed by atoms with Crippen molar-refractivity contribution in [1.29, 1.82) is 0 Å². The van der Waals surface area contributed by atoms with E-state index in [0.717, 1.165) is 18.9 Å². The van der Waals surface area contributed by atoms with Gasteiger partial charge in [0.15, 0.2) is 5.96 Å². The Hall–Kier alpha value is -2.38. The first-order valence-corrected chi connectivity index (χ1v) is 8.52. The molecule has 0 atom stereocenters. The second kappa shape index (κ2) is 9.19. The number of guanidine groups is 1. The fourth-order valence-corrected chi connectivity index (χ4v) is 2.77. The number of hydrogen-bond acceptors (Lipinski definition) is 2. The lowest BCUT2D eigenvalue weighted by atomic mass is 10.1. The average molecular weight is 353 g/mol. The van der Waals surface area contributed by atoms with Gasteiger partial charge < -0.3 is 21.3 Å². The lowest BCUT2D eigenvalue weighted by Crippen LogP contribution is -2.50. The lowest BCUT2D eigenvalue weighted by Gasteiger charge is -2.32. The molecule has 1 aromatic carbocycles. The predicted molar refractivity (Wildman–Crippen MR) is 93.4 cm³/mol. The van der Waals surface area contributed by atoms with Crippen LogP contribution in [-0.2, 0) is 6.42 Å². The zero-order chi connectivity index (χ0) is 18.2. The van der Waals surface area contributed by atoms with E-state index >= 15 is 0 Å². The van der Waals surface area contributed by atoms with Crippen LogP contribution in [0.4, 0.5) is 13.6 Å². The molecule has 0 aliphatic carbocycles. The monoisotopic (exact) mass is 353 g/mol. The number of amides is 2. The Morgan fingerprint density at radius 2 is 2.08 bits per heavy atom. The van der Waals surface area contributed by atoms with Crippen molar-refractivity contribution < 1.29 is 13.6 Å². The number of carbonyl (C=O) groups is 1. The molecule has 1 saturated heterocycles. The van der Waals surface area contributed by atoms with Crippen LogP contribution in [0.5, 0.6) is 0 Å². The van der Waals surface area contributed by atoms with Gasteiger partial charge in [-0.15, -0.1) is 0 Å². The molecule has 1 aliphatic rings. The summed E-state index contributed by atoms with van der Waals surface area (Å²) >= 11 is 0. The van der Waals surface area contributed by atoms with E-state index in [2.05, 4.69) is 15.6 Å². The molecule has 2 rings (SSSR count). The number of nitrogens with two attached hydrogens (primary N) is 1. The molecule has 6 nitrogen and oxygen atoms in total. The number of piperidine rings is 1. The Bertz CT molecular complexity index is 615. The molecule has 0 aromatic heterocycles. The highest BCUT2D eigenvalue weighted by Crippen LogP contribution is 2.11. The molecule has 0 unspecified atom stereocenters. The molecule has 1 fully saturated rings. The lowest BCUT2D eigenvalue weighted by molar-refractivity contribution is 0.188. The van der Waals surface area contributed by atoms with Crippen LogP contribution < -0.4 is 16.4 Å². The van der Waals surface area contributed by atoms with Crippen LogP contribution in [-0.4, -0.2) is 49.1 Å². The van der Waals surface area contributed by atoms with Crippen LogP contribution >= 0.6 is 0 Å². The molecule has 0 radical (unpaired) electrons. The van der Waals surface area contributed by atoms with E-state index in [1.807, 2.05) is 6.92 Å². The van der Waals surface area contributed by atoms with Gasteiger partial charge in [0.1, 0.15) is 11.6 Å². The van der Waals surface area contributed by atoms with Crippen molar-refractivity contribution >= 4 is 12.0 Å². The van der Waals surface area contributed by atoms with Crippen LogP contribution in [0, 0.1) is 11.6 Å². The highest BCUT2D eigenvalue weighted by atomic mass is 19.1. The Labute approximate surface area is 146 Å². The summed E-state index contributed by atoms with van der Waals surface area (Å²) in [4.78, 5) is 17.2. The Morgan fingerprint density at radius 1 is 1.36 bits per heavy atom. The quantitative estimate of drug-likeness (QED) is 0.555. The van der Waals surface area contributed by atoms with Crippen molar-refractivity contribution in [3.63, 3.8) is 0 Å². The van der Waals surface area contributed by atoms with Crippen LogP contribution in [0.25, 0.3) is 0 Å². The molecule has 1 aliphatic heterocycles. The van der Waals surface area contributed by atoms with Gasteiger partial charge in [0.05, 0.1) is 0 Å². The molecule has 2 amide bonds. The summed E-state index contributed by atoms with van der Waals surface area (Å²) in [6.45, 7) is 4.29.